The molecule has 0 saturated carbocycles. The second-order valence-electron chi connectivity index (χ2n) is 6.17. The van der Waals surface area contributed by atoms with Crippen LogP contribution in [0.25, 0.3) is 6.08 Å². The van der Waals surface area contributed by atoms with Crippen LogP contribution < -0.4 is 10.6 Å². The molecule has 0 spiro atoms. The monoisotopic (exact) mass is 368 g/mol. The molecule has 0 aliphatic carbocycles. The Hall–Kier alpha value is -4.09. The fourth-order valence-electron chi connectivity index (χ4n) is 2.70. The van der Waals surface area contributed by atoms with Crippen LogP contribution in [0.1, 0.15) is 16.7 Å². The minimum atomic E-state index is -0.372. The molecule has 0 heterocycles. The van der Waals surface area contributed by atoms with E-state index in [1.165, 1.54) is 12.1 Å². The van der Waals surface area contributed by atoms with E-state index in [9.17, 15) is 4.39 Å². The van der Waals surface area contributed by atoms with Gasteiger partial charge in [0.15, 0.2) is 0 Å². The molecule has 3 aromatic rings. The maximum absolute atomic E-state index is 14.2. The summed E-state index contributed by atoms with van der Waals surface area (Å²) in [6, 6.07) is 21.4. The van der Waals surface area contributed by atoms with Crippen molar-refractivity contribution in [1.82, 2.24) is 0 Å². The van der Waals surface area contributed by atoms with Crippen LogP contribution in [0, 0.1) is 35.4 Å². The van der Waals surface area contributed by atoms with Gasteiger partial charge >= 0.3 is 0 Å². The summed E-state index contributed by atoms with van der Waals surface area (Å²) >= 11 is 0. The Morgan fingerprint density at radius 1 is 0.857 bits per heavy atom. The van der Waals surface area contributed by atoms with E-state index in [0.717, 1.165) is 22.5 Å². The lowest BCUT2D eigenvalue weighted by molar-refractivity contribution is 0.632. The minimum absolute atomic E-state index is 0.334. The highest BCUT2D eigenvalue weighted by Crippen LogP contribution is 2.27. The van der Waals surface area contributed by atoms with Crippen molar-refractivity contribution in [1.29, 1.82) is 10.5 Å². The van der Waals surface area contributed by atoms with Crippen molar-refractivity contribution >= 4 is 28.8 Å². The summed E-state index contributed by atoms with van der Waals surface area (Å²) in [7, 11) is 0. The number of rotatable bonds is 5. The zero-order valence-electron chi connectivity index (χ0n) is 15.2. The van der Waals surface area contributed by atoms with Gasteiger partial charge in [-0.05, 0) is 78.7 Å². The summed E-state index contributed by atoms with van der Waals surface area (Å²) in [5.41, 5.74) is 5.15. The molecule has 4 nitrogen and oxygen atoms in total. The molecule has 0 aliphatic heterocycles. The first kappa shape index (κ1) is 18.7. The van der Waals surface area contributed by atoms with Gasteiger partial charge in [0.25, 0.3) is 0 Å². The second-order valence-corrected chi connectivity index (χ2v) is 6.17. The Bertz CT molecular complexity index is 1100. The predicted molar refractivity (Wildman–Crippen MR) is 110 cm³/mol. The number of nitriles is 2. The molecule has 0 aromatic heterocycles. The lowest BCUT2D eigenvalue weighted by Gasteiger charge is -2.13. The quantitative estimate of drug-likeness (QED) is 0.539. The Labute approximate surface area is 163 Å². The van der Waals surface area contributed by atoms with E-state index < -0.39 is 0 Å². The van der Waals surface area contributed by atoms with Crippen molar-refractivity contribution in [2.45, 2.75) is 6.92 Å². The van der Waals surface area contributed by atoms with Crippen molar-refractivity contribution in [3.05, 3.63) is 89.2 Å². The number of anilines is 4. The lowest BCUT2D eigenvalue weighted by atomic mass is 10.1. The predicted octanol–water partition coefficient (Wildman–Crippen LogP) is 6.03. The van der Waals surface area contributed by atoms with Crippen LogP contribution in [0.2, 0.25) is 0 Å². The molecule has 0 radical (unpaired) electrons. The fourth-order valence-corrected chi connectivity index (χ4v) is 2.70. The molecule has 0 amide bonds. The maximum Gasteiger partial charge on any atom is 0.146 e. The Morgan fingerprint density at radius 3 is 2.25 bits per heavy atom. The average Bonchev–Trinajstić information content (AvgIpc) is 2.71. The number of halogens is 1. The molecule has 0 unspecified atom stereocenters. The number of allylic oxidation sites excluding steroid dienone is 1. The lowest BCUT2D eigenvalue weighted by Crippen LogP contribution is -1.98. The number of nitrogens with one attached hydrogen (secondary N) is 2. The van der Waals surface area contributed by atoms with Gasteiger partial charge in [-0.25, -0.2) is 4.39 Å². The minimum Gasteiger partial charge on any atom is -0.355 e. The third-order valence-electron chi connectivity index (χ3n) is 4.14. The van der Waals surface area contributed by atoms with Gasteiger partial charge in [-0.1, -0.05) is 6.07 Å². The molecule has 3 aromatic carbocycles. The average molecular weight is 368 g/mol. The number of aryl methyl sites for hydroxylation is 1. The van der Waals surface area contributed by atoms with E-state index >= 15 is 0 Å². The van der Waals surface area contributed by atoms with Crippen molar-refractivity contribution in [2.75, 3.05) is 10.6 Å². The zero-order valence-corrected chi connectivity index (χ0v) is 15.2. The highest BCUT2D eigenvalue weighted by Gasteiger charge is 2.06. The van der Waals surface area contributed by atoms with Crippen LogP contribution >= 0.6 is 0 Å². The molecule has 0 aliphatic rings. The van der Waals surface area contributed by atoms with Gasteiger partial charge in [0.05, 0.1) is 23.4 Å². The van der Waals surface area contributed by atoms with Crippen LogP contribution in [0.4, 0.5) is 27.1 Å². The van der Waals surface area contributed by atoms with Gasteiger partial charge in [-0.15, -0.1) is 0 Å². The van der Waals surface area contributed by atoms with Gasteiger partial charge in [-0.3, -0.25) is 0 Å². The van der Waals surface area contributed by atoms with Gasteiger partial charge in [-0.2, -0.15) is 10.5 Å². The molecular formula is C23H17FN4. The molecule has 5 heteroatoms. The molecule has 0 fully saturated rings. The topological polar surface area (TPSA) is 71.6 Å². The third-order valence-corrected chi connectivity index (χ3v) is 4.14. The smallest absolute Gasteiger partial charge is 0.146 e. The number of hydrogen-bond acceptors (Lipinski definition) is 4. The van der Waals surface area contributed by atoms with Crippen LogP contribution in [0.3, 0.4) is 0 Å². The van der Waals surface area contributed by atoms with Crippen LogP contribution in [0.15, 0.2) is 66.7 Å². The van der Waals surface area contributed by atoms with E-state index in [2.05, 4.69) is 16.7 Å². The van der Waals surface area contributed by atoms with Crippen LogP contribution in [-0.2, 0) is 0 Å². The summed E-state index contributed by atoms with van der Waals surface area (Å²) in [4.78, 5) is 0. The van der Waals surface area contributed by atoms with Crippen molar-refractivity contribution in [2.24, 2.45) is 0 Å². The largest absolute Gasteiger partial charge is 0.355 e. The SMILES string of the molecule is Cc1cc(/C=C/C#N)ccc1Nc1ccc(F)c(Nc2ccc(C#N)cc2)c1. The first-order valence-electron chi connectivity index (χ1n) is 8.59. The highest BCUT2D eigenvalue weighted by molar-refractivity contribution is 5.71. The summed E-state index contributed by atoms with van der Waals surface area (Å²) in [6.45, 7) is 1.96. The molecule has 28 heavy (non-hydrogen) atoms. The summed E-state index contributed by atoms with van der Waals surface area (Å²) in [5.74, 6) is -0.372. The molecule has 0 atom stereocenters. The standard InChI is InChI=1S/C23H17FN4/c1-16-13-17(3-2-12-25)6-11-22(16)28-20-9-10-21(24)23(14-20)27-19-7-4-18(15-26)5-8-19/h2-11,13-14,27-28H,1H3/b3-2+. The second kappa shape index (κ2) is 8.53. The first-order chi connectivity index (χ1) is 13.6. The van der Waals surface area contributed by atoms with E-state index in [0.29, 0.717) is 16.9 Å². The van der Waals surface area contributed by atoms with Gasteiger partial charge in [0.1, 0.15) is 5.82 Å². The first-order valence-corrected chi connectivity index (χ1v) is 8.59. The van der Waals surface area contributed by atoms with Gasteiger partial charge < -0.3 is 10.6 Å². The maximum atomic E-state index is 14.2. The van der Waals surface area contributed by atoms with Crippen molar-refractivity contribution < 1.29 is 4.39 Å². The molecule has 0 saturated heterocycles. The van der Waals surface area contributed by atoms with Crippen LogP contribution in [-0.4, -0.2) is 0 Å². The molecule has 0 bridgehead atoms. The Morgan fingerprint density at radius 2 is 1.57 bits per heavy atom. The number of nitrogens with zero attached hydrogens (tertiary/aromatic N) is 2. The normalized spacial score (nSPS) is 10.3. The van der Waals surface area contributed by atoms with E-state index in [1.807, 2.05) is 31.2 Å². The van der Waals surface area contributed by atoms with E-state index in [-0.39, 0.29) is 5.82 Å². The molecule has 2 N–H and O–H groups in total. The van der Waals surface area contributed by atoms with E-state index in [1.54, 1.807) is 42.5 Å². The summed E-state index contributed by atoms with van der Waals surface area (Å²) in [6.07, 6.45) is 3.18. The number of hydrogen-bond donors (Lipinski definition) is 2. The number of benzene rings is 3. The van der Waals surface area contributed by atoms with Gasteiger partial charge in [0, 0.05) is 23.1 Å². The van der Waals surface area contributed by atoms with Crippen LogP contribution in [0.5, 0.6) is 0 Å². The fraction of sp³-hybridized carbons (Fsp3) is 0.0435. The third kappa shape index (κ3) is 4.55. The molecule has 136 valence electrons. The highest BCUT2D eigenvalue weighted by atomic mass is 19.1. The summed E-state index contributed by atoms with van der Waals surface area (Å²) < 4.78 is 14.2. The molecule has 3 rings (SSSR count). The van der Waals surface area contributed by atoms with E-state index in [4.69, 9.17) is 10.5 Å². The molecular weight excluding hydrogens is 351 g/mol. The van der Waals surface area contributed by atoms with Crippen molar-refractivity contribution in [3.63, 3.8) is 0 Å². The van der Waals surface area contributed by atoms with Gasteiger partial charge in [0.2, 0.25) is 0 Å². The Balaban J connectivity index is 1.80. The Kier molecular flexibility index (Phi) is 5.69. The van der Waals surface area contributed by atoms with Crippen molar-refractivity contribution in [3.8, 4) is 12.1 Å². The zero-order chi connectivity index (χ0) is 19.9. The summed E-state index contributed by atoms with van der Waals surface area (Å²) in [5, 5.41) is 23.8.